The molecule has 0 fully saturated rings. The first-order valence-electron chi connectivity index (χ1n) is 18.6. The van der Waals surface area contributed by atoms with E-state index in [1.165, 1.54) is 54.9 Å². The van der Waals surface area contributed by atoms with Crippen molar-refractivity contribution in [3.8, 4) is 56.4 Å². The molecule has 2 aromatic heterocycles. The SMILES string of the molecule is COc1ccccc1-c1c(C)c(C)cc2[cH-]c(-c3ccc(C)o3)cc12.COc1ccccc1-c1c(C)c(C)cc2[cH-]c(-c3ccc(C)o3)cc12.C[Si](C)=[Zr]([Cl])[Cl]. The van der Waals surface area contributed by atoms with E-state index in [1.807, 2.05) is 62.4 Å². The van der Waals surface area contributed by atoms with Gasteiger partial charge in [0.2, 0.25) is 0 Å². The van der Waals surface area contributed by atoms with Gasteiger partial charge in [-0.1, -0.05) is 69.8 Å². The summed E-state index contributed by atoms with van der Waals surface area (Å²) in [5.41, 5.74) is 11.9. The van der Waals surface area contributed by atoms with Crippen LogP contribution in [0.3, 0.4) is 0 Å². The second-order valence-corrected chi connectivity index (χ2v) is 37.3. The van der Waals surface area contributed by atoms with E-state index in [-0.39, 0.29) is 5.43 Å². The molecule has 0 aliphatic rings. The molecule has 288 valence electrons. The third-order valence-electron chi connectivity index (χ3n) is 10.2. The maximum absolute atomic E-state index is 5.83. The summed E-state index contributed by atoms with van der Waals surface area (Å²) >= 11 is -1.65. The van der Waals surface area contributed by atoms with Crippen LogP contribution >= 0.6 is 17.0 Å². The van der Waals surface area contributed by atoms with E-state index >= 15 is 0 Å². The quantitative estimate of drug-likeness (QED) is 0.123. The Labute approximate surface area is 346 Å². The van der Waals surface area contributed by atoms with Crippen LogP contribution in [0.15, 0.2) is 118 Å². The molecule has 0 N–H and O–H groups in total. The van der Waals surface area contributed by atoms with E-state index in [9.17, 15) is 0 Å². The number of rotatable bonds is 6. The van der Waals surface area contributed by atoms with Crippen molar-refractivity contribution in [2.45, 2.75) is 54.6 Å². The molecule has 0 bridgehead atoms. The Morgan fingerprint density at radius 1 is 0.554 bits per heavy atom. The fourth-order valence-corrected chi connectivity index (χ4v) is 7.07. The molecule has 6 aromatic carbocycles. The Morgan fingerprint density at radius 2 is 0.929 bits per heavy atom. The normalized spacial score (nSPS) is 10.9. The number of fused-ring (bicyclic) bond motifs is 2. The summed E-state index contributed by atoms with van der Waals surface area (Å²) in [5, 5.41) is 4.93. The van der Waals surface area contributed by atoms with Crippen LogP contribution in [0.25, 0.3) is 66.4 Å². The average molecular weight is 879 g/mol. The monoisotopic (exact) mass is 876 g/mol. The van der Waals surface area contributed by atoms with Gasteiger partial charge in [-0.15, -0.1) is 57.9 Å². The van der Waals surface area contributed by atoms with Gasteiger partial charge in [0, 0.05) is 11.1 Å². The molecular weight excluding hydrogens is 831 g/mol. The molecule has 0 saturated carbocycles. The number of para-hydroxylation sites is 2. The van der Waals surface area contributed by atoms with Crippen molar-refractivity contribution in [2.24, 2.45) is 0 Å². The number of furan rings is 2. The number of methoxy groups -OCH3 is 2. The van der Waals surface area contributed by atoms with E-state index in [0.29, 0.717) is 0 Å². The number of ether oxygens (including phenoxy) is 2. The second kappa shape index (κ2) is 18.0. The summed E-state index contributed by atoms with van der Waals surface area (Å²) in [6, 6.07) is 37.9. The van der Waals surface area contributed by atoms with Crippen LogP contribution in [0, 0.1) is 41.5 Å². The van der Waals surface area contributed by atoms with Crippen LogP contribution in [-0.2, 0) is 18.0 Å². The molecule has 0 atom stereocenters. The zero-order chi connectivity index (χ0) is 40.3. The summed E-state index contributed by atoms with van der Waals surface area (Å²) < 4.78 is 22.9. The molecule has 2 heterocycles. The zero-order valence-corrected chi connectivity index (χ0v) is 38.8. The molecule has 56 heavy (non-hydrogen) atoms. The first-order chi connectivity index (χ1) is 26.8. The molecule has 0 radical (unpaired) electrons. The summed E-state index contributed by atoms with van der Waals surface area (Å²) in [4.78, 5) is 0. The maximum atomic E-state index is 5.83. The Kier molecular flexibility index (Phi) is 13.4. The summed E-state index contributed by atoms with van der Waals surface area (Å²) in [6.07, 6.45) is 0. The van der Waals surface area contributed by atoms with E-state index in [0.717, 1.165) is 56.8 Å². The number of halogens is 2. The predicted octanol–water partition coefficient (Wildman–Crippen LogP) is 15.0. The van der Waals surface area contributed by atoms with Crippen LogP contribution in [0.5, 0.6) is 11.5 Å². The van der Waals surface area contributed by atoms with Gasteiger partial charge in [-0.05, 0) is 89.1 Å². The van der Waals surface area contributed by atoms with Gasteiger partial charge in [0.1, 0.15) is 11.5 Å². The van der Waals surface area contributed by atoms with Crippen LogP contribution in [0.2, 0.25) is 13.1 Å². The van der Waals surface area contributed by atoms with Crippen molar-refractivity contribution in [3.05, 3.63) is 143 Å². The third kappa shape index (κ3) is 8.90. The molecule has 8 aromatic rings. The van der Waals surface area contributed by atoms with Crippen molar-refractivity contribution >= 4 is 44.0 Å². The van der Waals surface area contributed by atoms with Crippen molar-refractivity contribution < 1.29 is 36.3 Å². The third-order valence-corrected chi connectivity index (χ3v) is 30.0. The van der Waals surface area contributed by atoms with Gasteiger partial charge < -0.3 is 18.3 Å². The molecule has 4 nitrogen and oxygen atoms in total. The van der Waals surface area contributed by atoms with Crippen molar-refractivity contribution in [1.29, 1.82) is 0 Å². The van der Waals surface area contributed by atoms with E-state index in [4.69, 9.17) is 35.3 Å². The Balaban J connectivity index is 0.000000166. The fraction of sp³-hybridized carbons (Fsp3) is 0.208. The first-order valence-corrected chi connectivity index (χ1v) is 31.1. The Bertz CT molecular complexity index is 2500. The minimum absolute atomic E-state index is 0.224. The molecule has 8 rings (SSSR count). The molecular formula is C48H48Cl2O4SiZr-2. The average Bonchev–Trinajstić information content (AvgIpc) is 4.00. The molecule has 0 saturated heterocycles. The van der Waals surface area contributed by atoms with E-state index < -0.39 is 18.0 Å². The van der Waals surface area contributed by atoms with Gasteiger partial charge in [-0.25, -0.2) is 0 Å². The van der Waals surface area contributed by atoms with Crippen LogP contribution < -0.4 is 9.47 Å². The summed E-state index contributed by atoms with van der Waals surface area (Å²) in [5.74, 6) is 5.48. The van der Waals surface area contributed by atoms with Gasteiger partial charge in [0.15, 0.2) is 0 Å². The number of benzene rings is 4. The number of aryl methyl sites for hydroxylation is 4. The molecule has 0 amide bonds. The standard InChI is InChI=1S/2C23H21O2.C2H6Si.2ClH.Zr/c2*1-14-11-17-12-18(21-10-9-15(2)25-21)13-20(17)23(16(14)3)19-7-5-6-8-22(19)24-4;1-3-2;;;/h2*5-13H,1-4H3;1-2H3;2*1H;/q2*-1;;;;+2/p-2. The topological polar surface area (TPSA) is 44.7 Å². The van der Waals surface area contributed by atoms with E-state index in [2.05, 4.69) is 101 Å². The van der Waals surface area contributed by atoms with Gasteiger partial charge in [-0.2, -0.15) is 0 Å². The molecule has 8 heteroatoms. The Hall–Kier alpha value is -4.06. The number of hydrogen-bond acceptors (Lipinski definition) is 4. The molecule has 0 aliphatic heterocycles. The van der Waals surface area contributed by atoms with Gasteiger partial charge in [0.05, 0.1) is 37.3 Å². The van der Waals surface area contributed by atoms with Gasteiger partial charge in [-0.3, -0.25) is 0 Å². The predicted molar refractivity (Wildman–Crippen MR) is 236 cm³/mol. The molecule has 0 spiro atoms. The molecule has 0 aliphatic carbocycles. The van der Waals surface area contributed by atoms with Crippen LogP contribution in [0.1, 0.15) is 33.8 Å². The van der Waals surface area contributed by atoms with Crippen molar-refractivity contribution in [3.63, 3.8) is 0 Å². The second-order valence-electron chi connectivity index (χ2n) is 14.4. The summed E-state index contributed by atoms with van der Waals surface area (Å²) in [7, 11) is 14.7. The zero-order valence-electron chi connectivity index (χ0n) is 33.8. The fourth-order valence-electron chi connectivity index (χ4n) is 7.07. The van der Waals surface area contributed by atoms with Gasteiger partial charge in [0.25, 0.3) is 0 Å². The van der Waals surface area contributed by atoms with Crippen LogP contribution in [-0.4, -0.2) is 19.7 Å². The minimum atomic E-state index is -1.65. The van der Waals surface area contributed by atoms with E-state index in [1.54, 1.807) is 14.2 Å². The Morgan fingerprint density at radius 3 is 1.25 bits per heavy atom. The van der Waals surface area contributed by atoms with Gasteiger partial charge >= 0.3 is 53.5 Å². The van der Waals surface area contributed by atoms with Crippen molar-refractivity contribution in [1.82, 2.24) is 0 Å². The van der Waals surface area contributed by atoms with Crippen LogP contribution in [0.4, 0.5) is 0 Å². The summed E-state index contributed by atoms with van der Waals surface area (Å²) in [6.45, 7) is 17.0. The number of hydrogen-bond donors (Lipinski definition) is 0. The van der Waals surface area contributed by atoms with Crippen molar-refractivity contribution in [2.75, 3.05) is 14.2 Å². The first kappa shape index (κ1) is 41.6. The molecule has 0 unspecified atom stereocenters.